The molecule has 0 aliphatic heterocycles. The van der Waals surface area contributed by atoms with Crippen molar-refractivity contribution in [2.75, 3.05) is 13.1 Å². The Morgan fingerprint density at radius 2 is 2.00 bits per heavy atom. The van der Waals surface area contributed by atoms with Crippen LogP contribution in [0.3, 0.4) is 0 Å². The summed E-state index contributed by atoms with van der Waals surface area (Å²) in [6.45, 7) is 6.74. The molecule has 0 atom stereocenters. The van der Waals surface area contributed by atoms with Crippen LogP contribution >= 0.6 is 0 Å². The summed E-state index contributed by atoms with van der Waals surface area (Å²) in [5.74, 6) is 0. The zero-order valence-corrected chi connectivity index (χ0v) is 9.85. The van der Waals surface area contributed by atoms with Crippen LogP contribution < -0.4 is 16.2 Å². The van der Waals surface area contributed by atoms with Crippen LogP contribution in [0.1, 0.15) is 16.7 Å². The predicted octanol–water partition coefficient (Wildman–Crippen LogP) is 0.146. The van der Waals surface area contributed by atoms with Gasteiger partial charge in [0.05, 0.1) is 10.2 Å². The summed E-state index contributed by atoms with van der Waals surface area (Å²) in [4.78, 5) is 0. The van der Waals surface area contributed by atoms with Crippen LogP contribution in [0.4, 0.5) is 0 Å². The molecule has 0 aliphatic carbocycles. The number of hydrogen-bond acceptors (Lipinski definition) is 2. The molecule has 3 N–H and O–H groups in total. The van der Waals surface area contributed by atoms with Crippen LogP contribution in [-0.2, 0) is 6.54 Å². The number of hydrogen-bond donors (Lipinski definition) is 2. The van der Waals surface area contributed by atoms with Crippen molar-refractivity contribution in [3.63, 3.8) is 0 Å². The van der Waals surface area contributed by atoms with Gasteiger partial charge in [0.2, 0.25) is 0 Å². The van der Waals surface area contributed by atoms with Crippen molar-refractivity contribution >= 4 is 15.4 Å². The molecule has 75 valence electrons. The van der Waals surface area contributed by atoms with Crippen LogP contribution in [0.15, 0.2) is 12.1 Å². The smallest absolute Gasteiger partial charge is 0.0715 e. The number of rotatable bonds is 4. The normalized spacial score (nSPS) is 10.6. The molecule has 3 radical (unpaired) electrons. The zero-order chi connectivity index (χ0) is 10.6. The van der Waals surface area contributed by atoms with Crippen LogP contribution in [0.25, 0.3) is 0 Å². The molecule has 3 heteroatoms. The van der Waals surface area contributed by atoms with Gasteiger partial charge in [-0.15, -0.1) is 0 Å². The molecule has 1 aromatic rings. The highest BCUT2D eigenvalue weighted by Crippen LogP contribution is 2.09. The minimum absolute atomic E-state index is 0.689. The van der Waals surface area contributed by atoms with E-state index in [-0.39, 0.29) is 0 Å². The molecule has 0 saturated carbocycles. The van der Waals surface area contributed by atoms with Crippen molar-refractivity contribution in [3.8, 4) is 0 Å². The molecule has 0 aliphatic rings. The van der Waals surface area contributed by atoms with Crippen molar-refractivity contribution < 1.29 is 0 Å². The Morgan fingerprint density at radius 3 is 2.64 bits per heavy atom. The second-order valence-electron chi connectivity index (χ2n) is 3.49. The quantitative estimate of drug-likeness (QED) is 0.542. The van der Waals surface area contributed by atoms with Crippen LogP contribution in [0.5, 0.6) is 0 Å². The van der Waals surface area contributed by atoms with E-state index in [0.29, 0.717) is 6.54 Å². The van der Waals surface area contributed by atoms with E-state index in [9.17, 15) is 0 Å². The van der Waals surface area contributed by atoms with Gasteiger partial charge in [-0.1, -0.05) is 17.3 Å². The third-order valence-electron chi connectivity index (χ3n) is 2.54. The van der Waals surface area contributed by atoms with Crippen molar-refractivity contribution in [2.45, 2.75) is 20.4 Å². The highest BCUT2D eigenvalue weighted by molar-refractivity contribution is 6.33. The third-order valence-corrected chi connectivity index (χ3v) is 3.08. The molecule has 0 saturated heterocycles. The van der Waals surface area contributed by atoms with Crippen molar-refractivity contribution in [3.05, 3.63) is 28.8 Å². The molecule has 0 amide bonds. The van der Waals surface area contributed by atoms with Crippen molar-refractivity contribution in [1.82, 2.24) is 5.32 Å². The Bertz CT molecular complexity index is 310. The fraction of sp³-hybridized carbons (Fsp3) is 0.455. The lowest BCUT2D eigenvalue weighted by Gasteiger charge is -2.11. The first kappa shape index (κ1) is 11.4. The maximum atomic E-state index is 5.41. The fourth-order valence-corrected chi connectivity index (χ4v) is 1.66. The largest absolute Gasteiger partial charge is 0.329 e. The highest BCUT2D eigenvalue weighted by Gasteiger charge is 2.02. The minimum atomic E-state index is 0.689. The molecule has 0 unspecified atom stereocenters. The molecule has 0 aromatic heterocycles. The van der Waals surface area contributed by atoms with Gasteiger partial charge in [0, 0.05) is 19.6 Å². The maximum absolute atomic E-state index is 5.41. The second-order valence-corrected chi connectivity index (χ2v) is 4.03. The summed E-state index contributed by atoms with van der Waals surface area (Å²) < 4.78 is 0. The lowest BCUT2D eigenvalue weighted by Crippen LogP contribution is -2.23. The monoisotopic (exact) mass is 205 g/mol. The summed E-state index contributed by atoms with van der Waals surface area (Å²) in [6.07, 6.45) is 0. The van der Waals surface area contributed by atoms with E-state index in [1.54, 1.807) is 0 Å². The molecule has 14 heavy (non-hydrogen) atoms. The summed E-state index contributed by atoms with van der Waals surface area (Å²) in [6, 6.07) is 4.24. The summed E-state index contributed by atoms with van der Waals surface area (Å²) in [5.41, 5.74) is 9.42. The third kappa shape index (κ3) is 2.67. The molecule has 2 nitrogen and oxygen atoms in total. The van der Waals surface area contributed by atoms with Crippen LogP contribution in [0.2, 0.25) is 0 Å². The van der Waals surface area contributed by atoms with Gasteiger partial charge in [-0.25, -0.2) is 0 Å². The molecule has 0 spiro atoms. The van der Waals surface area contributed by atoms with Gasteiger partial charge in [-0.2, -0.15) is 0 Å². The van der Waals surface area contributed by atoms with Gasteiger partial charge >= 0.3 is 0 Å². The summed E-state index contributed by atoms with van der Waals surface area (Å²) in [5, 5.41) is 4.47. The first-order valence-electron chi connectivity index (χ1n) is 4.88. The van der Waals surface area contributed by atoms with Gasteiger partial charge in [-0.3, -0.25) is 0 Å². The van der Waals surface area contributed by atoms with E-state index < -0.39 is 0 Å². The maximum Gasteiger partial charge on any atom is 0.0715 e. The molecule has 1 rings (SSSR count). The van der Waals surface area contributed by atoms with Crippen LogP contribution in [0, 0.1) is 13.8 Å². The average Bonchev–Trinajstić information content (AvgIpc) is 2.18. The molecule has 1 aromatic carbocycles. The number of nitrogens with one attached hydrogen (secondary N) is 1. The van der Waals surface area contributed by atoms with E-state index in [1.165, 1.54) is 21.9 Å². The van der Waals surface area contributed by atoms with Crippen molar-refractivity contribution in [1.29, 1.82) is 0 Å². The molecular weight excluding hydrogens is 188 g/mol. The lowest BCUT2D eigenvalue weighted by atomic mass is 10.0. The standard InChI is InChI=1S/C11H17N2Si/c1-8-9(2)11(14)4-3-10(8)7-13-6-5-12/h3-4,13H,5-7,12H2,1-2H3. The Morgan fingerprint density at radius 1 is 1.29 bits per heavy atom. The predicted molar refractivity (Wildman–Crippen MR) is 62.1 cm³/mol. The summed E-state index contributed by atoms with van der Waals surface area (Å²) >= 11 is 0. The Balaban J connectivity index is 2.73. The first-order chi connectivity index (χ1) is 6.66. The van der Waals surface area contributed by atoms with Gasteiger partial charge in [0.25, 0.3) is 0 Å². The van der Waals surface area contributed by atoms with Crippen LogP contribution in [-0.4, -0.2) is 23.3 Å². The van der Waals surface area contributed by atoms with E-state index in [2.05, 4.69) is 41.5 Å². The van der Waals surface area contributed by atoms with Crippen molar-refractivity contribution in [2.24, 2.45) is 5.73 Å². The SMILES string of the molecule is Cc1c([Si])ccc(CNCCN)c1C. The molecule has 0 fully saturated rings. The topological polar surface area (TPSA) is 38.0 Å². The van der Waals surface area contributed by atoms with Gasteiger partial charge < -0.3 is 11.1 Å². The van der Waals surface area contributed by atoms with Gasteiger partial charge in [0.1, 0.15) is 0 Å². The van der Waals surface area contributed by atoms with Gasteiger partial charge in [-0.05, 0) is 30.5 Å². The Kier molecular flexibility index (Phi) is 4.32. The fourth-order valence-electron chi connectivity index (χ4n) is 1.39. The Labute approximate surface area is 89.3 Å². The van der Waals surface area contributed by atoms with E-state index >= 15 is 0 Å². The molecule has 0 bridgehead atoms. The second kappa shape index (κ2) is 5.29. The number of nitrogens with two attached hydrogens (primary N) is 1. The van der Waals surface area contributed by atoms with E-state index in [0.717, 1.165) is 13.1 Å². The zero-order valence-electron chi connectivity index (χ0n) is 8.85. The Hall–Kier alpha value is -0.643. The minimum Gasteiger partial charge on any atom is -0.329 e. The summed E-state index contributed by atoms with van der Waals surface area (Å²) in [7, 11) is 3.57. The number of benzene rings is 1. The van der Waals surface area contributed by atoms with Gasteiger partial charge in [0.15, 0.2) is 0 Å². The first-order valence-corrected chi connectivity index (χ1v) is 5.38. The highest BCUT2D eigenvalue weighted by atomic mass is 28.1. The lowest BCUT2D eigenvalue weighted by molar-refractivity contribution is 0.692. The van der Waals surface area contributed by atoms with E-state index in [1.807, 2.05) is 0 Å². The van der Waals surface area contributed by atoms with E-state index in [4.69, 9.17) is 5.73 Å². The molecule has 0 heterocycles. The average molecular weight is 205 g/mol. The molecular formula is C11H17N2Si.